The number of likely N-dealkylation sites (tertiary alicyclic amines) is 1. The van der Waals surface area contributed by atoms with Crippen LogP contribution in [0, 0.1) is 0 Å². The molecule has 5 nitrogen and oxygen atoms in total. The molecule has 0 aromatic heterocycles. The molecule has 1 N–H and O–H groups in total. The Morgan fingerprint density at radius 1 is 1.31 bits per heavy atom. The van der Waals surface area contributed by atoms with Crippen LogP contribution in [0.4, 0.5) is 4.79 Å². The van der Waals surface area contributed by atoms with E-state index < -0.39 is 0 Å². The van der Waals surface area contributed by atoms with Gasteiger partial charge in [-0.1, -0.05) is 0 Å². The maximum atomic E-state index is 11.7. The highest BCUT2D eigenvalue weighted by atomic mass is 16.6. The molecule has 92 valence electrons. The third-order valence-electron chi connectivity index (χ3n) is 3.67. The molecule has 0 saturated carbocycles. The second-order valence-electron chi connectivity index (χ2n) is 4.81. The van der Waals surface area contributed by atoms with Crippen molar-refractivity contribution in [1.29, 1.82) is 0 Å². The van der Waals surface area contributed by atoms with Crippen LogP contribution in [0.15, 0.2) is 0 Å². The van der Waals surface area contributed by atoms with Crippen molar-refractivity contribution < 1.29 is 14.6 Å². The van der Waals surface area contributed by atoms with Gasteiger partial charge in [0.1, 0.15) is 5.60 Å². The molecule has 0 bridgehead atoms. The number of β-amino-alcohol motifs (C(OH)–C–C–N with tert-alkyl or cyclic N) is 1. The van der Waals surface area contributed by atoms with Crippen molar-refractivity contribution in [3.63, 3.8) is 0 Å². The van der Waals surface area contributed by atoms with Crippen molar-refractivity contribution in [1.82, 2.24) is 9.80 Å². The van der Waals surface area contributed by atoms with Gasteiger partial charge in [0.2, 0.25) is 0 Å². The van der Waals surface area contributed by atoms with E-state index in [0.717, 1.165) is 32.4 Å². The molecule has 0 atom stereocenters. The zero-order chi connectivity index (χ0) is 11.6. The molecule has 2 saturated heterocycles. The molecular formula is C11H20N2O3. The van der Waals surface area contributed by atoms with E-state index in [4.69, 9.17) is 9.84 Å². The highest BCUT2D eigenvalue weighted by Crippen LogP contribution is 2.33. The van der Waals surface area contributed by atoms with Crippen molar-refractivity contribution in [2.45, 2.75) is 24.9 Å². The third kappa shape index (κ3) is 2.30. The van der Waals surface area contributed by atoms with Gasteiger partial charge in [-0.3, -0.25) is 0 Å². The van der Waals surface area contributed by atoms with E-state index in [9.17, 15) is 4.79 Å². The number of hydrogen-bond donors (Lipinski definition) is 1. The van der Waals surface area contributed by atoms with Crippen LogP contribution < -0.4 is 0 Å². The summed E-state index contributed by atoms with van der Waals surface area (Å²) in [5, 5.41) is 8.82. The Kier molecular flexibility index (Phi) is 3.35. The lowest BCUT2D eigenvalue weighted by atomic mass is 9.87. The number of carbonyl (C=O) groups is 1. The molecule has 16 heavy (non-hydrogen) atoms. The minimum atomic E-state index is -0.259. The number of amides is 1. The summed E-state index contributed by atoms with van der Waals surface area (Å²) < 4.78 is 5.58. The second kappa shape index (κ2) is 4.59. The van der Waals surface area contributed by atoms with E-state index in [1.165, 1.54) is 0 Å². The Morgan fingerprint density at radius 3 is 2.50 bits per heavy atom. The zero-order valence-electron chi connectivity index (χ0n) is 9.81. The number of nitrogens with zero attached hydrogens (tertiary/aromatic N) is 2. The molecule has 2 aliphatic heterocycles. The van der Waals surface area contributed by atoms with Crippen LogP contribution in [0.25, 0.3) is 0 Å². The van der Waals surface area contributed by atoms with Gasteiger partial charge in [0, 0.05) is 45.4 Å². The van der Waals surface area contributed by atoms with Crippen molar-refractivity contribution in [2.24, 2.45) is 0 Å². The molecular weight excluding hydrogens is 208 g/mol. The van der Waals surface area contributed by atoms with Crippen LogP contribution in [-0.2, 0) is 4.74 Å². The fraction of sp³-hybridized carbons (Fsp3) is 0.909. The van der Waals surface area contributed by atoms with Gasteiger partial charge in [0.05, 0.1) is 6.61 Å². The normalized spacial score (nSPS) is 25.9. The van der Waals surface area contributed by atoms with Crippen molar-refractivity contribution >= 4 is 6.09 Å². The van der Waals surface area contributed by atoms with Crippen molar-refractivity contribution in [3.05, 3.63) is 0 Å². The first-order chi connectivity index (χ1) is 7.65. The van der Waals surface area contributed by atoms with E-state index in [1.54, 1.807) is 4.90 Å². The molecule has 0 unspecified atom stereocenters. The number of carbonyl (C=O) groups excluding carboxylic acids is 1. The molecule has 2 rings (SSSR count). The van der Waals surface area contributed by atoms with Gasteiger partial charge < -0.3 is 19.6 Å². The molecule has 1 spiro atoms. The Labute approximate surface area is 96.0 Å². The van der Waals surface area contributed by atoms with Gasteiger partial charge in [-0.25, -0.2) is 4.79 Å². The molecule has 1 amide bonds. The quantitative estimate of drug-likeness (QED) is 0.738. The van der Waals surface area contributed by atoms with Gasteiger partial charge in [-0.2, -0.15) is 0 Å². The van der Waals surface area contributed by atoms with Gasteiger partial charge >= 0.3 is 6.09 Å². The highest BCUT2D eigenvalue weighted by molar-refractivity contribution is 5.69. The first kappa shape index (κ1) is 11.7. The Morgan fingerprint density at radius 2 is 1.94 bits per heavy atom. The summed E-state index contributed by atoms with van der Waals surface area (Å²) in [4.78, 5) is 15.6. The van der Waals surface area contributed by atoms with Crippen LogP contribution in [0.3, 0.4) is 0 Å². The first-order valence-electron chi connectivity index (χ1n) is 5.92. The summed E-state index contributed by atoms with van der Waals surface area (Å²) in [6.45, 7) is 3.09. The van der Waals surface area contributed by atoms with Crippen LogP contribution >= 0.6 is 0 Å². The predicted molar refractivity (Wildman–Crippen MR) is 59.2 cm³/mol. The number of piperidine rings is 1. The van der Waals surface area contributed by atoms with Gasteiger partial charge in [0.25, 0.3) is 0 Å². The summed E-state index contributed by atoms with van der Waals surface area (Å²) in [6.07, 6.45) is 2.50. The molecule has 2 heterocycles. The minimum Gasteiger partial charge on any atom is -0.443 e. The van der Waals surface area contributed by atoms with E-state index in [2.05, 4.69) is 11.9 Å². The largest absolute Gasteiger partial charge is 0.443 e. The second-order valence-corrected chi connectivity index (χ2v) is 4.81. The highest BCUT2D eigenvalue weighted by Gasteiger charge is 2.42. The van der Waals surface area contributed by atoms with E-state index in [1.807, 2.05) is 0 Å². The summed E-state index contributed by atoms with van der Waals surface area (Å²) in [6, 6.07) is 0. The molecule has 2 fully saturated rings. The van der Waals surface area contributed by atoms with Crippen LogP contribution in [-0.4, -0.2) is 66.4 Å². The Balaban J connectivity index is 1.93. The number of aliphatic hydroxyl groups excluding tert-OH is 1. The van der Waals surface area contributed by atoms with Crippen LogP contribution in [0.1, 0.15) is 19.3 Å². The molecule has 0 aromatic carbocycles. The number of ether oxygens (including phenoxy) is 1. The van der Waals surface area contributed by atoms with E-state index in [-0.39, 0.29) is 18.3 Å². The average Bonchev–Trinajstić information content (AvgIpc) is 2.27. The van der Waals surface area contributed by atoms with Gasteiger partial charge in [-0.05, 0) is 7.05 Å². The van der Waals surface area contributed by atoms with Crippen molar-refractivity contribution in [3.8, 4) is 0 Å². The standard InChI is InChI=1S/C11H20N2O3/c1-12-5-2-11(3-6-12)4-7-13(8-9-14)10(15)16-11/h14H,2-9H2,1H3. The maximum Gasteiger partial charge on any atom is 0.410 e. The Hall–Kier alpha value is -0.810. The number of aliphatic hydroxyl groups is 1. The van der Waals surface area contributed by atoms with E-state index in [0.29, 0.717) is 13.1 Å². The number of hydrogen-bond acceptors (Lipinski definition) is 4. The molecule has 0 aromatic rings. The van der Waals surface area contributed by atoms with E-state index >= 15 is 0 Å². The lowest BCUT2D eigenvalue weighted by Gasteiger charge is -2.45. The van der Waals surface area contributed by atoms with Crippen LogP contribution in [0.2, 0.25) is 0 Å². The molecule has 0 aliphatic carbocycles. The summed E-state index contributed by atoms with van der Waals surface area (Å²) in [5.74, 6) is 0. The Bertz CT molecular complexity index is 262. The molecule has 2 aliphatic rings. The lowest BCUT2D eigenvalue weighted by Crippen LogP contribution is -2.54. The summed E-state index contributed by atoms with van der Waals surface area (Å²) in [7, 11) is 2.09. The fourth-order valence-electron chi connectivity index (χ4n) is 2.43. The average molecular weight is 228 g/mol. The fourth-order valence-corrected chi connectivity index (χ4v) is 2.43. The lowest BCUT2D eigenvalue weighted by molar-refractivity contribution is -0.0796. The predicted octanol–water partition coefficient (Wildman–Crippen LogP) is 0.285. The summed E-state index contributed by atoms with van der Waals surface area (Å²) in [5.41, 5.74) is -0.227. The van der Waals surface area contributed by atoms with Gasteiger partial charge in [-0.15, -0.1) is 0 Å². The molecule has 0 radical (unpaired) electrons. The maximum absolute atomic E-state index is 11.7. The van der Waals surface area contributed by atoms with Crippen molar-refractivity contribution in [2.75, 3.05) is 39.8 Å². The zero-order valence-corrected chi connectivity index (χ0v) is 9.81. The topological polar surface area (TPSA) is 53.0 Å². The molecule has 5 heteroatoms. The monoisotopic (exact) mass is 228 g/mol. The number of rotatable bonds is 2. The minimum absolute atomic E-state index is 0.00480. The SMILES string of the molecule is CN1CCC2(CC1)CCN(CCO)C(=O)O2. The first-order valence-corrected chi connectivity index (χ1v) is 5.92. The van der Waals surface area contributed by atoms with Crippen LogP contribution in [0.5, 0.6) is 0 Å². The smallest absolute Gasteiger partial charge is 0.410 e. The summed E-state index contributed by atoms with van der Waals surface area (Å²) >= 11 is 0. The van der Waals surface area contributed by atoms with Gasteiger partial charge in [0.15, 0.2) is 0 Å². The third-order valence-corrected chi connectivity index (χ3v) is 3.67.